The molecule has 0 aromatic heterocycles. The number of aliphatic hydroxyl groups excluding tert-OH is 1. The first-order valence-corrected chi connectivity index (χ1v) is 6.36. The van der Waals surface area contributed by atoms with E-state index in [4.69, 9.17) is 0 Å². The summed E-state index contributed by atoms with van der Waals surface area (Å²) < 4.78 is 0. The van der Waals surface area contributed by atoms with Crippen LogP contribution >= 0.6 is 0 Å². The largest absolute Gasteiger partial charge is 0.378 e. The van der Waals surface area contributed by atoms with Gasteiger partial charge in [0, 0.05) is 12.1 Å². The maximum atomic E-state index is 10.0. The van der Waals surface area contributed by atoms with E-state index < -0.39 is 0 Å². The number of rotatable bonds is 2. The molecular weight excluding hydrogens is 188 g/mol. The molecule has 2 rings (SSSR count). The van der Waals surface area contributed by atoms with Gasteiger partial charge in [-0.2, -0.15) is 0 Å². The summed E-state index contributed by atoms with van der Waals surface area (Å²) >= 11 is 0. The zero-order valence-corrected chi connectivity index (χ0v) is 10.0. The third kappa shape index (κ3) is 2.35. The van der Waals surface area contributed by atoms with E-state index in [9.17, 15) is 5.11 Å². The van der Waals surface area contributed by atoms with Crippen molar-refractivity contribution in [2.45, 2.75) is 57.3 Å². The van der Waals surface area contributed by atoms with E-state index in [1.165, 1.54) is 38.8 Å². The lowest BCUT2D eigenvalue weighted by atomic mass is 10.0. The van der Waals surface area contributed by atoms with Crippen molar-refractivity contribution in [3.8, 4) is 0 Å². The van der Waals surface area contributed by atoms with Crippen LogP contribution in [0.3, 0.4) is 0 Å². The Hall–Kier alpha value is -0.120. The minimum atomic E-state index is -0.164. The van der Waals surface area contributed by atoms with Gasteiger partial charge in [0.25, 0.3) is 0 Å². The smallest absolute Gasteiger partial charge is 0.107 e. The average Bonchev–Trinajstić information content (AvgIpc) is 2.61. The Morgan fingerprint density at radius 2 is 1.80 bits per heavy atom. The molecule has 0 aromatic rings. The van der Waals surface area contributed by atoms with Crippen molar-refractivity contribution in [3.05, 3.63) is 0 Å². The van der Waals surface area contributed by atoms with Gasteiger partial charge in [-0.05, 0) is 52.2 Å². The molecule has 0 radical (unpaired) electrons. The first kappa shape index (κ1) is 11.4. The van der Waals surface area contributed by atoms with Crippen LogP contribution in [-0.4, -0.2) is 53.4 Å². The lowest BCUT2D eigenvalue weighted by Gasteiger charge is -2.39. The molecule has 15 heavy (non-hydrogen) atoms. The van der Waals surface area contributed by atoms with Crippen molar-refractivity contribution in [2.75, 3.05) is 20.1 Å². The van der Waals surface area contributed by atoms with E-state index in [1.54, 1.807) is 0 Å². The predicted octanol–water partition coefficient (Wildman–Crippen LogP) is 1.27. The fraction of sp³-hybridized carbons (Fsp3) is 1.00. The standard InChI is InChI=1S/C12H24N2O/c1-3-10-4-5-12(15)14(10)11-6-8-13(2)9-7-11/h10-12,15H,3-9H2,1-2H3/t10-,12?/m1/s1. The maximum absolute atomic E-state index is 10.0. The van der Waals surface area contributed by atoms with Crippen molar-refractivity contribution in [1.29, 1.82) is 0 Å². The number of hydrogen-bond acceptors (Lipinski definition) is 3. The molecule has 1 unspecified atom stereocenters. The second-order valence-electron chi connectivity index (χ2n) is 5.10. The van der Waals surface area contributed by atoms with Crippen LogP contribution in [0.4, 0.5) is 0 Å². The summed E-state index contributed by atoms with van der Waals surface area (Å²) in [6, 6.07) is 1.26. The second kappa shape index (κ2) is 4.81. The Morgan fingerprint density at radius 3 is 2.40 bits per heavy atom. The Balaban J connectivity index is 1.96. The number of likely N-dealkylation sites (tertiary alicyclic amines) is 2. The quantitative estimate of drug-likeness (QED) is 0.747. The van der Waals surface area contributed by atoms with Gasteiger partial charge in [0.2, 0.25) is 0 Å². The highest BCUT2D eigenvalue weighted by Crippen LogP contribution is 2.30. The zero-order valence-electron chi connectivity index (χ0n) is 10.0. The normalized spacial score (nSPS) is 36.2. The molecule has 88 valence electrons. The van der Waals surface area contributed by atoms with Gasteiger partial charge in [-0.1, -0.05) is 6.92 Å². The Labute approximate surface area is 93.1 Å². The van der Waals surface area contributed by atoms with E-state index in [1.807, 2.05) is 0 Å². The molecule has 0 saturated carbocycles. The van der Waals surface area contributed by atoms with Gasteiger partial charge in [-0.15, -0.1) is 0 Å². The van der Waals surface area contributed by atoms with Crippen LogP contribution in [0.15, 0.2) is 0 Å². The summed E-state index contributed by atoms with van der Waals surface area (Å²) in [5.74, 6) is 0. The first-order valence-electron chi connectivity index (χ1n) is 6.36. The number of hydrogen-bond donors (Lipinski definition) is 1. The third-order valence-corrected chi connectivity index (χ3v) is 4.10. The molecule has 2 atom stereocenters. The van der Waals surface area contributed by atoms with Gasteiger partial charge in [0.1, 0.15) is 6.23 Å². The number of aliphatic hydroxyl groups is 1. The lowest BCUT2D eigenvalue weighted by molar-refractivity contribution is -0.0306. The van der Waals surface area contributed by atoms with E-state index in [0.29, 0.717) is 12.1 Å². The minimum Gasteiger partial charge on any atom is -0.378 e. The van der Waals surface area contributed by atoms with Gasteiger partial charge >= 0.3 is 0 Å². The van der Waals surface area contributed by atoms with Crippen molar-refractivity contribution < 1.29 is 5.11 Å². The van der Waals surface area contributed by atoms with Crippen molar-refractivity contribution in [1.82, 2.24) is 9.80 Å². The summed E-state index contributed by atoms with van der Waals surface area (Å²) in [5.41, 5.74) is 0. The summed E-state index contributed by atoms with van der Waals surface area (Å²) in [4.78, 5) is 4.78. The van der Waals surface area contributed by atoms with E-state index in [2.05, 4.69) is 23.8 Å². The molecule has 0 spiro atoms. The van der Waals surface area contributed by atoms with E-state index in [0.717, 1.165) is 6.42 Å². The predicted molar refractivity (Wildman–Crippen MR) is 61.7 cm³/mol. The molecule has 2 saturated heterocycles. The van der Waals surface area contributed by atoms with Crippen LogP contribution in [0.25, 0.3) is 0 Å². The summed E-state index contributed by atoms with van der Waals surface area (Å²) in [6.45, 7) is 4.61. The highest BCUT2D eigenvalue weighted by Gasteiger charge is 2.36. The average molecular weight is 212 g/mol. The van der Waals surface area contributed by atoms with Crippen molar-refractivity contribution in [2.24, 2.45) is 0 Å². The van der Waals surface area contributed by atoms with Crippen LogP contribution in [-0.2, 0) is 0 Å². The maximum Gasteiger partial charge on any atom is 0.107 e. The molecule has 1 N–H and O–H groups in total. The Morgan fingerprint density at radius 1 is 1.13 bits per heavy atom. The number of piperidine rings is 1. The highest BCUT2D eigenvalue weighted by atomic mass is 16.3. The summed E-state index contributed by atoms with van der Waals surface area (Å²) in [5, 5.41) is 10.0. The highest BCUT2D eigenvalue weighted by molar-refractivity contribution is 4.89. The molecule has 2 aliphatic rings. The van der Waals surface area contributed by atoms with Crippen LogP contribution < -0.4 is 0 Å². The summed E-state index contributed by atoms with van der Waals surface area (Å²) in [7, 11) is 2.19. The van der Waals surface area contributed by atoms with Crippen molar-refractivity contribution in [3.63, 3.8) is 0 Å². The van der Waals surface area contributed by atoms with Crippen LogP contribution in [0.5, 0.6) is 0 Å². The first-order chi connectivity index (χ1) is 7.22. The van der Waals surface area contributed by atoms with Gasteiger partial charge < -0.3 is 10.0 Å². The topological polar surface area (TPSA) is 26.7 Å². The van der Waals surface area contributed by atoms with Gasteiger partial charge in [-0.3, -0.25) is 4.90 Å². The van der Waals surface area contributed by atoms with Gasteiger partial charge in [-0.25, -0.2) is 0 Å². The third-order valence-electron chi connectivity index (χ3n) is 4.10. The van der Waals surface area contributed by atoms with Gasteiger partial charge in [0.05, 0.1) is 0 Å². The Bertz CT molecular complexity index is 202. The number of nitrogens with zero attached hydrogens (tertiary/aromatic N) is 2. The van der Waals surface area contributed by atoms with Crippen LogP contribution in [0, 0.1) is 0 Å². The fourth-order valence-electron chi connectivity index (χ4n) is 3.13. The molecule has 2 heterocycles. The molecule has 3 heteroatoms. The SMILES string of the molecule is CC[C@@H]1CCC(O)N1C1CCN(C)CC1. The molecule has 0 bridgehead atoms. The Kier molecular flexibility index (Phi) is 3.65. The monoisotopic (exact) mass is 212 g/mol. The summed E-state index contributed by atoms with van der Waals surface area (Å²) in [6.07, 6.45) is 5.63. The molecule has 2 fully saturated rings. The van der Waals surface area contributed by atoms with Crippen molar-refractivity contribution >= 4 is 0 Å². The lowest BCUT2D eigenvalue weighted by Crippen LogP contribution is -2.48. The molecule has 0 amide bonds. The zero-order chi connectivity index (χ0) is 10.8. The minimum absolute atomic E-state index is 0.164. The fourth-order valence-corrected chi connectivity index (χ4v) is 3.13. The molecule has 0 aromatic carbocycles. The molecule has 3 nitrogen and oxygen atoms in total. The molecular formula is C12H24N2O. The molecule has 0 aliphatic carbocycles. The second-order valence-corrected chi connectivity index (χ2v) is 5.10. The van der Waals surface area contributed by atoms with Gasteiger partial charge in [0.15, 0.2) is 0 Å². The van der Waals surface area contributed by atoms with E-state index >= 15 is 0 Å². The molecule has 2 aliphatic heterocycles. The van der Waals surface area contributed by atoms with E-state index in [-0.39, 0.29) is 6.23 Å². The van der Waals surface area contributed by atoms with Crippen LogP contribution in [0.2, 0.25) is 0 Å². The van der Waals surface area contributed by atoms with Crippen LogP contribution in [0.1, 0.15) is 39.0 Å².